The van der Waals surface area contributed by atoms with Crippen LogP contribution in [0.3, 0.4) is 0 Å². The Morgan fingerprint density at radius 3 is 2.05 bits per heavy atom. The van der Waals surface area contributed by atoms with Gasteiger partial charge in [0.05, 0.1) is 4.90 Å². The molecule has 2 aromatic rings. The number of sulfonamides is 1. The van der Waals surface area contributed by atoms with Gasteiger partial charge in [0.15, 0.2) is 5.11 Å². The van der Waals surface area contributed by atoms with Crippen LogP contribution in [-0.4, -0.2) is 13.5 Å². The molecule has 2 rings (SSSR count). The van der Waals surface area contributed by atoms with E-state index in [1.807, 2.05) is 6.92 Å². The first-order valence-corrected chi connectivity index (χ1v) is 8.02. The third-order valence-corrected chi connectivity index (χ3v) is 4.24. The van der Waals surface area contributed by atoms with Crippen LogP contribution in [0.5, 0.6) is 0 Å². The van der Waals surface area contributed by atoms with E-state index in [4.69, 9.17) is 18.0 Å². The SMILES string of the molecule is Cc1ccc(S(=O)(=O)Nc2ccc(NC(N)=S)cc2)cc1. The van der Waals surface area contributed by atoms with E-state index in [1.165, 1.54) is 0 Å². The van der Waals surface area contributed by atoms with Crippen molar-refractivity contribution in [1.82, 2.24) is 0 Å². The average Bonchev–Trinajstić information content (AvgIpc) is 2.40. The van der Waals surface area contributed by atoms with Crippen LogP contribution < -0.4 is 15.8 Å². The first kappa shape index (κ1) is 15.3. The van der Waals surface area contributed by atoms with E-state index < -0.39 is 10.0 Å². The van der Waals surface area contributed by atoms with Crippen LogP contribution in [0.25, 0.3) is 0 Å². The lowest BCUT2D eigenvalue weighted by atomic mass is 10.2. The molecular weight excluding hydrogens is 306 g/mol. The maximum Gasteiger partial charge on any atom is 0.261 e. The van der Waals surface area contributed by atoms with E-state index in [2.05, 4.69) is 10.0 Å². The Balaban J connectivity index is 2.16. The topological polar surface area (TPSA) is 84.2 Å². The third kappa shape index (κ3) is 4.17. The summed E-state index contributed by atoms with van der Waals surface area (Å²) < 4.78 is 26.9. The summed E-state index contributed by atoms with van der Waals surface area (Å²) in [6, 6.07) is 13.3. The molecule has 0 heterocycles. The molecule has 0 bridgehead atoms. The van der Waals surface area contributed by atoms with Crippen molar-refractivity contribution in [3.8, 4) is 0 Å². The van der Waals surface area contributed by atoms with Crippen molar-refractivity contribution in [2.45, 2.75) is 11.8 Å². The van der Waals surface area contributed by atoms with E-state index in [-0.39, 0.29) is 10.0 Å². The van der Waals surface area contributed by atoms with Crippen molar-refractivity contribution in [1.29, 1.82) is 0 Å². The Bertz CT molecular complexity index is 739. The summed E-state index contributed by atoms with van der Waals surface area (Å²) >= 11 is 4.73. The highest BCUT2D eigenvalue weighted by atomic mass is 32.2. The molecule has 0 aliphatic heterocycles. The summed E-state index contributed by atoms with van der Waals surface area (Å²) in [7, 11) is -3.59. The van der Waals surface area contributed by atoms with E-state index in [0.29, 0.717) is 11.4 Å². The standard InChI is InChI=1S/C14H15N3O2S2/c1-10-2-8-13(9-3-10)21(18,19)17-12-6-4-11(5-7-12)16-14(15)20/h2-9,17H,1H3,(H3,15,16,20). The highest BCUT2D eigenvalue weighted by Crippen LogP contribution is 2.18. The van der Waals surface area contributed by atoms with Gasteiger partial charge < -0.3 is 11.1 Å². The van der Waals surface area contributed by atoms with Crippen molar-refractivity contribution < 1.29 is 8.42 Å². The van der Waals surface area contributed by atoms with E-state index in [1.54, 1.807) is 48.5 Å². The molecule has 4 N–H and O–H groups in total. The molecule has 5 nitrogen and oxygen atoms in total. The zero-order chi connectivity index (χ0) is 15.5. The molecular formula is C14H15N3O2S2. The Hall–Kier alpha value is -2.12. The lowest BCUT2D eigenvalue weighted by molar-refractivity contribution is 0.601. The zero-order valence-electron chi connectivity index (χ0n) is 11.3. The van der Waals surface area contributed by atoms with Crippen molar-refractivity contribution in [2.75, 3.05) is 10.0 Å². The van der Waals surface area contributed by atoms with Gasteiger partial charge in [0, 0.05) is 11.4 Å². The van der Waals surface area contributed by atoms with Gasteiger partial charge in [0.1, 0.15) is 0 Å². The minimum absolute atomic E-state index is 0.156. The highest BCUT2D eigenvalue weighted by Gasteiger charge is 2.13. The summed E-state index contributed by atoms with van der Waals surface area (Å²) in [4.78, 5) is 0.221. The normalized spacial score (nSPS) is 10.9. The Morgan fingerprint density at radius 2 is 1.52 bits per heavy atom. The van der Waals surface area contributed by atoms with Gasteiger partial charge in [-0.25, -0.2) is 8.42 Å². The number of anilines is 2. The van der Waals surface area contributed by atoms with Crippen LogP contribution in [0, 0.1) is 6.92 Å². The van der Waals surface area contributed by atoms with Crippen LogP contribution in [0.15, 0.2) is 53.4 Å². The first-order chi connectivity index (χ1) is 9.87. The quantitative estimate of drug-likeness (QED) is 0.753. The zero-order valence-corrected chi connectivity index (χ0v) is 13.0. The second kappa shape index (κ2) is 6.11. The molecule has 110 valence electrons. The van der Waals surface area contributed by atoms with Crippen LogP contribution in [0.1, 0.15) is 5.56 Å². The Morgan fingerprint density at radius 1 is 1.00 bits per heavy atom. The summed E-state index contributed by atoms with van der Waals surface area (Å²) in [5.74, 6) is 0. The van der Waals surface area contributed by atoms with Crippen molar-refractivity contribution >= 4 is 38.7 Å². The molecule has 0 radical (unpaired) electrons. The molecule has 0 saturated carbocycles. The predicted octanol–water partition coefficient (Wildman–Crippen LogP) is 2.45. The summed E-state index contributed by atoms with van der Waals surface area (Å²) in [5, 5.41) is 2.92. The molecule has 0 atom stereocenters. The second-order valence-corrected chi connectivity index (χ2v) is 6.61. The number of aryl methyl sites for hydroxylation is 1. The van der Waals surface area contributed by atoms with Crippen LogP contribution in [-0.2, 0) is 10.0 Å². The number of benzene rings is 2. The molecule has 0 aromatic heterocycles. The smallest absolute Gasteiger partial charge is 0.261 e. The summed E-state index contributed by atoms with van der Waals surface area (Å²) in [5.41, 5.74) is 7.52. The van der Waals surface area contributed by atoms with Gasteiger partial charge in [0.25, 0.3) is 10.0 Å². The molecule has 0 spiro atoms. The molecule has 21 heavy (non-hydrogen) atoms. The molecule has 2 aromatic carbocycles. The largest absolute Gasteiger partial charge is 0.376 e. The molecule has 0 fully saturated rings. The number of thiocarbonyl (C=S) groups is 1. The van der Waals surface area contributed by atoms with Crippen molar-refractivity contribution in [3.05, 3.63) is 54.1 Å². The summed E-state index contributed by atoms with van der Waals surface area (Å²) in [6.07, 6.45) is 0. The minimum Gasteiger partial charge on any atom is -0.376 e. The number of hydrogen-bond donors (Lipinski definition) is 3. The highest BCUT2D eigenvalue weighted by molar-refractivity contribution is 7.92. The molecule has 0 aliphatic rings. The molecule has 7 heteroatoms. The van der Waals surface area contributed by atoms with Crippen molar-refractivity contribution in [2.24, 2.45) is 5.73 Å². The fourth-order valence-electron chi connectivity index (χ4n) is 1.70. The first-order valence-electron chi connectivity index (χ1n) is 6.13. The van der Waals surface area contributed by atoms with E-state index in [9.17, 15) is 8.42 Å². The van der Waals surface area contributed by atoms with Crippen LogP contribution >= 0.6 is 12.2 Å². The Kier molecular flexibility index (Phi) is 4.44. The monoisotopic (exact) mass is 321 g/mol. The number of hydrogen-bond acceptors (Lipinski definition) is 3. The average molecular weight is 321 g/mol. The van der Waals surface area contributed by atoms with Crippen LogP contribution in [0.2, 0.25) is 0 Å². The Labute approximate surface area is 129 Å². The lowest BCUT2D eigenvalue weighted by Gasteiger charge is -2.09. The van der Waals surface area contributed by atoms with Gasteiger partial charge in [-0.1, -0.05) is 17.7 Å². The van der Waals surface area contributed by atoms with Gasteiger partial charge >= 0.3 is 0 Å². The number of nitrogens with two attached hydrogens (primary N) is 1. The maximum absolute atomic E-state index is 12.2. The van der Waals surface area contributed by atoms with E-state index >= 15 is 0 Å². The second-order valence-electron chi connectivity index (χ2n) is 4.49. The van der Waals surface area contributed by atoms with Gasteiger partial charge in [0.2, 0.25) is 0 Å². The molecule has 0 aliphatic carbocycles. The third-order valence-electron chi connectivity index (χ3n) is 2.74. The lowest BCUT2D eigenvalue weighted by Crippen LogP contribution is -2.18. The molecule has 0 unspecified atom stereocenters. The van der Waals surface area contributed by atoms with Gasteiger partial charge in [-0.05, 0) is 55.5 Å². The fourth-order valence-corrected chi connectivity index (χ4v) is 2.87. The summed E-state index contributed by atoms with van der Waals surface area (Å²) in [6.45, 7) is 1.90. The fraction of sp³-hybridized carbons (Fsp3) is 0.0714. The van der Waals surface area contributed by atoms with Crippen molar-refractivity contribution in [3.63, 3.8) is 0 Å². The molecule has 0 amide bonds. The minimum atomic E-state index is -3.59. The van der Waals surface area contributed by atoms with Gasteiger partial charge in [-0.3, -0.25) is 4.72 Å². The predicted molar refractivity (Wildman–Crippen MR) is 88.8 cm³/mol. The maximum atomic E-state index is 12.2. The molecule has 0 saturated heterocycles. The van der Waals surface area contributed by atoms with Crippen LogP contribution in [0.4, 0.5) is 11.4 Å². The number of rotatable bonds is 4. The van der Waals surface area contributed by atoms with E-state index in [0.717, 1.165) is 5.56 Å². The van der Waals surface area contributed by atoms with Gasteiger partial charge in [-0.2, -0.15) is 0 Å². The van der Waals surface area contributed by atoms with Gasteiger partial charge in [-0.15, -0.1) is 0 Å². The number of nitrogens with one attached hydrogen (secondary N) is 2.